The molecule has 0 saturated heterocycles. The Morgan fingerprint density at radius 2 is 1.71 bits per heavy atom. The highest BCUT2D eigenvalue weighted by atomic mass is 16.5. The van der Waals surface area contributed by atoms with Gasteiger partial charge in [0.05, 0.1) is 17.6 Å². The summed E-state index contributed by atoms with van der Waals surface area (Å²) in [4.78, 5) is 0. The number of para-hydroxylation sites is 2. The maximum Gasteiger partial charge on any atom is 0.203 e. The number of aromatic nitrogens is 2. The number of methoxy groups -OCH3 is 1. The standard InChI is InChI=1S/C13H19N3O/c1-3-8-15-11-6-4-5-7-12(11)16(13(15)14)9-10-17-2/h4-7,14H,3,8-10H2,1-2H3. The first kappa shape index (κ1) is 11.9. The Kier molecular flexibility index (Phi) is 3.64. The van der Waals surface area contributed by atoms with Gasteiger partial charge in [-0.15, -0.1) is 0 Å². The molecule has 0 aliphatic heterocycles. The van der Waals surface area contributed by atoms with Crippen molar-refractivity contribution in [1.29, 1.82) is 5.41 Å². The van der Waals surface area contributed by atoms with Crippen LogP contribution < -0.4 is 5.62 Å². The minimum Gasteiger partial charge on any atom is -0.383 e. The fraction of sp³-hybridized carbons (Fsp3) is 0.462. The number of nitrogens with one attached hydrogen (secondary N) is 1. The normalized spacial score (nSPS) is 11.2. The summed E-state index contributed by atoms with van der Waals surface area (Å²) in [5.74, 6) is 0. The van der Waals surface area contributed by atoms with E-state index in [0.717, 1.165) is 30.5 Å². The van der Waals surface area contributed by atoms with E-state index in [1.165, 1.54) is 0 Å². The molecule has 2 aromatic rings. The summed E-state index contributed by atoms with van der Waals surface area (Å²) in [7, 11) is 1.69. The first-order valence-corrected chi connectivity index (χ1v) is 6.01. The van der Waals surface area contributed by atoms with E-state index in [-0.39, 0.29) is 0 Å². The minimum absolute atomic E-state index is 0.560. The highest BCUT2D eigenvalue weighted by molar-refractivity contribution is 5.75. The van der Waals surface area contributed by atoms with Gasteiger partial charge in [0.1, 0.15) is 0 Å². The van der Waals surface area contributed by atoms with Gasteiger partial charge in [-0.2, -0.15) is 0 Å². The molecule has 4 nitrogen and oxygen atoms in total. The molecule has 0 aliphatic rings. The van der Waals surface area contributed by atoms with E-state index in [1.807, 2.05) is 16.7 Å². The number of hydrogen-bond donors (Lipinski definition) is 1. The SMILES string of the molecule is CCCn1c(=N)n(CCOC)c2ccccc21. The van der Waals surface area contributed by atoms with Gasteiger partial charge in [0.15, 0.2) is 0 Å². The summed E-state index contributed by atoms with van der Waals surface area (Å²) in [6, 6.07) is 8.18. The second-order valence-corrected chi connectivity index (χ2v) is 4.11. The molecule has 2 rings (SSSR count). The van der Waals surface area contributed by atoms with E-state index in [4.69, 9.17) is 10.1 Å². The Hall–Kier alpha value is -1.55. The highest BCUT2D eigenvalue weighted by Gasteiger charge is 2.08. The van der Waals surface area contributed by atoms with Crippen molar-refractivity contribution in [2.75, 3.05) is 13.7 Å². The molecule has 0 aliphatic carbocycles. The summed E-state index contributed by atoms with van der Waals surface area (Å²) in [6.45, 7) is 4.39. The molecule has 0 fully saturated rings. The third kappa shape index (κ3) is 2.13. The van der Waals surface area contributed by atoms with E-state index in [1.54, 1.807) is 7.11 Å². The van der Waals surface area contributed by atoms with Crippen molar-refractivity contribution in [3.8, 4) is 0 Å². The molecule has 92 valence electrons. The maximum absolute atomic E-state index is 8.23. The van der Waals surface area contributed by atoms with Crippen LogP contribution in [0.3, 0.4) is 0 Å². The second-order valence-electron chi connectivity index (χ2n) is 4.11. The summed E-state index contributed by atoms with van der Waals surface area (Å²) in [5.41, 5.74) is 2.81. The van der Waals surface area contributed by atoms with Crippen LogP contribution in [0.2, 0.25) is 0 Å². The summed E-state index contributed by atoms with van der Waals surface area (Å²) < 4.78 is 9.17. The molecule has 0 spiro atoms. The number of ether oxygens (including phenoxy) is 1. The number of nitrogens with zero attached hydrogens (tertiary/aromatic N) is 2. The van der Waals surface area contributed by atoms with Crippen molar-refractivity contribution in [2.24, 2.45) is 0 Å². The highest BCUT2D eigenvalue weighted by Crippen LogP contribution is 2.12. The zero-order valence-electron chi connectivity index (χ0n) is 10.4. The Balaban J connectivity index is 2.58. The van der Waals surface area contributed by atoms with Crippen molar-refractivity contribution in [3.63, 3.8) is 0 Å². The lowest BCUT2D eigenvalue weighted by molar-refractivity contribution is 0.186. The lowest BCUT2D eigenvalue weighted by Crippen LogP contribution is -2.25. The van der Waals surface area contributed by atoms with Crippen LogP contribution in [-0.4, -0.2) is 22.9 Å². The van der Waals surface area contributed by atoms with Crippen LogP contribution in [0, 0.1) is 5.41 Å². The first-order chi connectivity index (χ1) is 8.29. The van der Waals surface area contributed by atoms with Crippen LogP contribution in [0.15, 0.2) is 24.3 Å². The smallest absolute Gasteiger partial charge is 0.203 e. The number of imidazole rings is 1. The van der Waals surface area contributed by atoms with Gasteiger partial charge >= 0.3 is 0 Å². The van der Waals surface area contributed by atoms with Crippen molar-refractivity contribution >= 4 is 11.0 Å². The van der Waals surface area contributed by atoms with Crippen LogP contribution >= 0.6 is 0 Å². The van der Waals surface area contributed by atoms with Gasteiger partial charge in [0.2, 0.25) is 5.62 Å². The number of aryl methyl sites for hydroxylation is 1. The molecule has 1 heterocycles. The van der Waals surface area contributed by atoms with Gasteiger partial charge in [-0.1, -0.05) is 19.1 Å². The molecular formula is C13H19N3O. The molecule has 0 unspecified atom stereocenters. The van der Waals surface area contributed by atoms with Gasteiger partial charge in [0.25, 0.3) is 0 Å². The molecular weight excluding hydrogens is 214 g/mol. The topological polar surface area (TPSA) is 42.9 Å². The van der Waals surface area contributed by atoms with E-state index in [0.29, 0.717) is 12.2 Å². The fourth-order valence-electron chi connectivity index (χ4n) is 2.15. The molecule has 0 bridgehead atoms. The third-order valence-electron chi connectivity index (χ3n) is 2.94. The summed E-state index contributed by atoms with van der Waals surface area (Å²) >= 11 is 0. The lowest BCUT2D eigenvalue weighted by Gasteiger charge is -2.03. The minimum atomic E-state index is 0.560. The van der Waals surface area contributed by atoms with Crippen LogP contribution in [-0.2, 0) is 17.8 Å². The maximum atomic E-state index is 8.23. The van der Waals surface area contributed by atoms with Gasteiger partial charge < -0.3 is 13.9 Å². The van der Waals surface area contributed by atoms with Crippen molar-refractivity contribution in [2.45, 2.75) is 26.4 Å². The lowest BCUT2D eigenvalue weighted by atomic mass is 10.3. The second kappa shape index (κ2) is 5.19. The van der Waals surface area contributed by atoms with Crippen LogP contribution in [0.25, 0.3) is 11.0 Å². The molecule has 0 radical (unpaired) electrons. The van der Waals surface area contributed by atoms with Crippen molar-refractivity contribution < 1.29 is 4.74 Å². The van der Waals surface area contributed by atoms with Crippen LogP contribution in [0.4, 0.5) is 0 Å². The average molecular weight is 233 g/mol. The van der Waals surface area contributed by atoms with Crippen molar-refractivity contribution in [1.82, 2.24) is 9.13 Å². The molecule has 0 amide bonds. The quantitative estimate of drug-likeness (QED) is 0.843. The van der Waals surface area contributed by atoms with Crippen molar-refractivity contribution in [3.05, 3.63) is 29.9 Å². The molecule has 17 heavy (non-hydrogen) atoms. The molecule has 4 heteroatoms. The predicted molar refractivity (Wildman–Crippen MR) is 67.9 cm³/mol. The number of benzene rings is 1. The van der Waals surface area contributed by atoms with E-state index < -0.39 is 0 Å². The van der Waals surface area contributed by atoms with Gasteiger partial charge in [0, 0.05) is 20.2 Å². The van der Waals surface area contributed by atoms with Gasteiger partial charge in [-0.3, -0.25) is 5.41 Å². The predicted octanol–water partition coefficient (Wildman–Crippen LogP) is 1.98. The summed E-state index contributed by atoms with van der Waals surface area (Å²) in [5, 5.41) is 8.23. The number of hydrogen-bond acceptors (Lipinski definition) is 2. The molecule has 0 atom stereocenters. The fourth-order valence-corrected chi connectivity index (χ4v) is 2.15. The molecule has 1 aromatic heterocycles. The van der Waals surface area contributed by atoms with E-state index >= 15 is 0 Å². The first-order valence-electron chi connectivity index (χ1n) is 6.01. The van der Waals surface area contributed by atoms with Gasteiger partial charge in [-0.05, 0) is 18.6 Å². The summed E-state index contributed by atoms with van der Waals surface area (Å²) in [6.07, 6.45) is 1.04. The number of fused-ring (bicyclic) bond motifs is 1. The van der Waals surface area contributed by atoms with Crippen LogP contribution in [0.5, 0.6) is 0 Å². The third-order valence-corrected chi connectivity index (χ3v) is 2.94. The Morgan fingerprint density at radius 1 is 1.12 bits per heavy atom. The van der Waals surface area contributed by atoms with E-state index in [2.05, 4.69) is 23.6 Å². The Bertz CT molecular complexity index is 553. The largest absolute Gasteiger partial charge is 0.383 e. The molecule has 0 saturated carbocycles. The zero-order valence-corrected chi connectivity index (χ0v) is 10.4. The number of rotatable bonds is 5. The molecule has 1 N–H and O–H groups in total. The zero-order chi connectivity index (χ0) is 12.3. The van der Waals surface area contributed by atoms with E-state index in [9.17, 15) is 0 Å². The molecule has 1 aromatic carbocycles. The monoisotopic (exact) mass is 233 g/mol. The average Bonchev–Trinajstić information content (AvgIpc) is 2.61. The Labute approximate surface area is 101 Å². The van der Waals surface area contributed by atoms with Gasteiger partial charge in [-0.25, -0.2) is 0 Å². The Morgan fingerprint density at radius 3 is 2.24 bits per heavy atom. The van der Waals surface area contributed by atoms with Crippen LogP contribution in [0.1, 0.15) is 13.3 Å².